The minimum atomic E-state index is -0.343. The number of ether oxygens (including phenoxy) is 6. The fourth-order valence-electron chi connectivity index (χ4n) is 1.89. The molecule has 0 saturated carbocycles. The smallest absolute Gasteiger partial charge is 0.338 e. The Kier molecular flexibility index (Phi) is 16.7. The molecule has 0 N–H and O–H groups in total. The highest BCUT2D eigenvalue weighted by Crippen LogP contribution is 2.00. The molecule has 0 fully saturated rings. The van der Waals surface area contributed by atoms with E-state index in [9.17, 15) is 4.79 Å². The Morgan fingerprint density at radius 3 is 1.48 bits per heavy atom. The number of carbonyl (C=O) groups is 1. The minimum Gasteiger partial charge on any atom is -0.460 e. The van der Waals surface area contributed by atoms with Crippen LogP contribution >= 0.6 is 22.6 Å². The van der Waals surface area contributed by atoms with Crippen molar-refractivity contribution in [3.05, 3.63) is 35.9 Å². The number of benzene rings is 1. The largest absolute Gasteiger partial charge is 0.460 e. The molecule has 0 saturated heterocycles. The molecule has 154 valence electrons. The Hall–Kier alpha value is -0.780. The fourth-order valence-corrected chi connectivity index (χ4v) is 2.20. The Bertz CT molecular complexity index is 459. The first-order valence-corrected chi connectivity index (χ1v) is 10.5. The molecule has 0 aliphatic heterocycles. The first kappa shape index (κ1) is 24.3. The van der Waals surface area contributed by atoms with Crippen LogP contribution in [-0.4, -0.2) is 83.1 Å². The van der Waals surface area contributed by atoms with E-state index in [1.54, 1.807) is 24.3 Å². The lowest BCUT2D eigenvalue weighted by atomic mass is 10.2. The molecule has 0 radical (unpaired) electrons. The molecule has 0 bridgehead atoms. The lowest BCUT2D eigenvalue weighted by Crippen LogP contribution is -2.15. The molecule has 27 heavy (non-hydrogen) atoms. The molecule has 0 unspecified atom stereocenters. The summed E-state index contributed by atoms with van der Waals surface area (Å²) in [5.74, 6) is -0.343. The van der Waals surface area contributed by atoms with Crippen LogP contribution in [0, 0.1) is 0 Å². The molecule has 1 rings (SSSR count). The summed E-state index contributed by atoms with van der Waals surface area (Å²) < 4.78 is 32.9. The summed E-state index contributed by atoms with van der Waals surface area (Å²) in [7, 11) is 0. The molecule has 0 heterocycles. The first-order valence-electron chi connectivity index (χ1n) is 9.01. The van der Waals surface area contributed by atoms with Crippen LogP contribution < -0.4 is 0 Å². The summed E-state index contributed by atoms with van der Waals surface area (Å²) in [5, 5.41) is 0. The third-order valence-electron chi connectivity index (χ3n) is 3.18. The van der Waals surface area contributed by atoms with E-state index in [1.807, 2.05) is 6.07 Å². The van der Waals surface area contributed by atoms with Crippen LogP contribution in [0.2, 0.25) is 0 Å². The molecule has 0 amide bonds. The number of esters is 1. The Labute approximate surface area is 174 Å². The second-order valence-electron chi connectivity index (χ2n) is 5.25. The summed E-state index contributed by atoms with van der Waals surface area (Å²) in [5.41, 5.74) is 0.538. The van der Waals surface area contributed by atoms with Crippen LogP contribution in [0.5, 0.6) is 0 Å². The van der Waals surface area contributed by atoms with E-state index in [0.717, 1.165) is 11.0 Å². The van der Waals surface area contributed by atoms with E-state index < -0.39 is 0 Å². The van der Waals surface area contributed by atoms with Gasteiger partial charge in [0.2, 0.25) is 0 Å². The van der Waals surface area contributed by atoms with Gasteiger partial charge in [-0.2, -0.15) is 0 Å². The topological polar surface area (TPSA) is 72.5 Å². The van der Waals surface area contributed by atoms with Crippen molar-refractivity contribution < 1.29 is 33.2 Å². The average Bonchev–Trinajstić information content (AvgIpc) is 2.70. The summed E-state index contributed by atoms with van der Waals surface area (Å²) >= 11 is 2.27. The van der Waals surface area contributed by atoms with Crippen LogP contribution in [0.15, 0.2) is 30.3 Å². The summed E-state index contributed by atoms with van der Waals surface area (Å²) in [6.45, 7) is 5.58. The highest BCUT2D eigenvalue weighted by atomic mass is 127. The van der Waals surface area contributed by atoms with Crippen molar-refractivity contribution in [2.75, 3.05) is 77.1 Å². The highest BCUT2D eigenvalue weighted by molar-refractivity contribution is 14.1. The number of alkyl halides is 1. The van der Waals surface area contributed by atoms with Crippen molar-refractivity contribution in [3.8, 4) is 0 Å². The van der Waals surface area contributed by atoms with Gasteiger partial charge in [-0.3, -0.25) is 0 Å². The van der Waals surface area contributed by atoms with Crippen LogP contribution in [0.1, 0.15) is 10.4 Å². The second kappa shape index (κ2) is 18.6. The van der Waals surface area contributed by atoms with E-state index in [1.165, 1.54) is 0 Å². The molecule has 0 aromatic heterocycles. The quantitative estimate of drug-likeness (QED) is 0.134. The number of hydrogen-bond donors (Lipinski definition) is 0. The van der Waals surface area contributed by atoms with Crippen molar-refractivity contribution >= 4 is 28.6 Å². The zero-order valence-corrected chi connectivity index (χ0v) is 17.8. The zero-order valence-electron chi connectivity index (χ0n) is 15.6. The average molecular weight is 496 g/mol. The van der Waals surface area contributed by atoms with Crippen LogP contribution in [0.3, 0.4) is 0 Å². The van der Waals surface area contributed by atoms with Gasteiger partial charge in [0, 0.05) is 4.43 Å². The second-order valence-corrected chi connectivity index (χ2v) is 6.33. The van der Waals surface area contributed by atoms with Crippen molar-refractivity contribution in [2.24, 2.45) is 0 Å². The van der Waals surface area contributed by atoms with Gasteiger partial charge in [0.15, 0.2) is 0 Å². The molecule has 0 atom stereocenters. The number of hydrogen-bond acceptors (Lipinski definition) is 7. The normalized spacial score (nSPS) is 10.9. The van der Waals surface area contributed by atoms with Crippen molar-refractivity contribution in [1.82, 2.24) is 0 Å². The van der Waals surface area contributed by atoms with E-state index in [4.69, 9.17) is 28.4 Å². The molecule has 1 aromatic carbocycles. The minimum absolute atomic E-state index is 0.222. The Morgan fingerprint density at radius 1 is 0.630 bits per heavy atom. The maximum atomic E-state index is 11.7. The third-order valence-corrected chi connectivity index (χ3v) is 3.62. The van der Waals surface area contributed by atoms with Gasteiger partial charge >= 0.3 is 5.97 Å². The van der Waals surface area contributed by atoms with E-state index >= 15 is 0 Å². The van der Waals surface area contributed by atoms with E-state index in [2.05, 4.69) is 22.6 Å². The lowest BCUT2D eigenvalue weighted by molar-refractivity contribution is -0.0144. The molecule has 0 aliphatic rings. The van der Waals surface area contributed by atoms with Crippen molar-refractivity contribution in [3.63, 3.8) is 0 Å². The number of halogens is 1. The van der Waals surface area contributed by atoms with Gasteiger partial charge in [-0.05, 0) is 12.1 Å². The molecule has 1 aromatic rings. The number of carbonyl (C=O) groups excluding carboxylic acids is 1. The predicted molar refractivity (Wildman–Crippen MR) is 110 cm³/mol. The van der Waals surface area contributed by atoms with E-state index in [0.29, 0.717) is 65.0 Å². The van der Waals surface area contributed by atoms with Gasteiger partial charge in [-0.1, -0.05) is 40.8 Å². The number of rotatable bonds is 18. The van der Waals surface area contributed by atoms with Crippen LogP contribution in [0.4, 0.5) is 0 Å². The van der Waals surface area contributed by atoms with Gasteiger partial charge in [0.1, 0.15) is 6.61 Å². The SMILES string of the molecule is O=C(OCCOCCOCCOCCOCCOCCI)c1ccccc1. The van der Waals surface area contributed by atoms with Gasteiger partial charge < -0.3 is 28.4 Å². The first-order chi connectivity index (χ1) is 13.3. The molecular weight excluding hydrogens is 467 g/mol. The van der Waals surface area contributed by atoms with Crippen molar-refractivity contribution in [2.45, 2.75) is 0 Å². The third kappa shape index (κ3) is 14.9. The summed E-state index contributed by atoms with van der Waals surface area (Å²) in [4.78, 5) is 11.7. The molecule has 0 spiro atoms. The molecule has 7 nitrogen and oxygen atoms in total. The Balaban J connectivity index is 1.75. The molecule has 8 heteroatoms. The predicted octanol–water partition coefficient (Wildman–Crippen LogP) is 2.36. The maximum absolute atomic E-state index is 11.7. The van der Waals surface area contributed by atoms with Gasteiger partial charge in [0.25, 0.3) is 0 Å². The fraction of sp³-hybridized carbons (Fsp3) is 0.632. The zero-order chi connectivity index (χ0) is 19.4. The monoisotopic (exact) mass is 496 g/mol. The summed E-state index contributed by atoms with van der Waals surface area (Å²) in [6, 6.07) is 8.87. The Morgan fingerprint density at radius 2 is 1.04 bits per heavy atom. The summed E-state index contributed by atoms with van der Waals surface area (Å²) in [6.07, 6.45) is 0. The maximum Gasteiger partial charge on any atom is 0.338 e. The van der Waals surface area contributed by atoms with Crippen LogP contribution in [-0.2, 0) is 28.4 Å². The standard InChI is InChI=1S/C19H29IO7/c20-6-7-22-8-9-23-10-11-24-12-13-25-14-15-26-16-17-27-19(21)18-4-2-1-3-5-18/h1-5H,6-17H2. The highest BCUT2D eigenvalue weighted by Gasteiger charge is 2.04. The molecular formula is C19H29IO7. The van der Waals surface area contributed by atoms with Gasteiger partial charge in [-0.25, -0.2) is 4.79 Å². The van der Waals surface area contributed by atoms with Crippen LogP contribution in [0.25, 0.3) is 0 Å². The molecule has 0 aliphatic carbocycles. The lowest BCUT2D eigenvalue weighted by Gasteiger charge is -2.08. The van der Waals surface area contributed by atoms with Gasteiger partial charge in [0.05, 0.1) is 71.6 Å². The van der Waals surface area contributed by atoms with E-state index in [-0.39, 0.29) is 12.6 Å². The van der Waals surface area contributed by atoms with Gasteiger partial charge in [-0.15, -0.1) is 0 Å². The van der Waals surface area contributed by atoms with Crippen molar-refractivity contribution in [1.29, 1.82) is 0 Å².